The summed E-state index contributed by atoms with van der Waals surface area (Å²) in [7, 11) is 0. The van der Waals surface area contributed by atoms with Crippen molar-refractivity contribution in [1.29, 1.82) is 0 Å². The van der Waals surface area contributed by atoms with Crippen molar-refractivity contribution < 1.29 is 4.74 Å². The van der Waals surface area contributed by atoms with Crippen LogP contribution in [-0.2, 0) is 6.54 Å². The zero-order valence-corrected chi connectivity index (χ0v) is 13.1. The fourth-order valence-electron chi connectivity index (χ4n) is 2.11. The molecule has 1 saturated carbocycles. The first-order valence-electron chi connectivity index (χ1n) is 7.25. The Morgan fingerprint density at radius 1 is 1.29 bits per heavy atom. The molecule has 1 aromatic heterocycles. The van der Waals surface area contributed by atoms with E-state index in [1.54, 1.807) is 0 Å². The maximum atomic E-state index is 6.29. The fourth-order valence-corrected chi connectivity index (χ4v) is 2.34. The molecule has 1 aromatic carbocycles. The van der Waals surface area contributed by atoms with Gasteiger partial charge in [0.2, 0.25) is 5.88 Å². The van der Waals surface area contributed by atoms with E-state index in [0.717, 1.165) is 29.0 Å². The lowest BCUT2D eigenvalue weighted by Gasteiger charge is -2.11. The molecular weight excluding hydrogens is 284 g/mol. The number of ether oxygens (including phenoxy) is 1. The number of benzene rings is 1. The molecule has 0 bridgehead atoms. The van der Waals surface area contributed by atoms with E-state index in [9.17, 15) is 0 Å². The van der Waals surface area contributed by atoms with Gasteiger partial charge in [0.25, 0.3) is 0 Å². The van der Waals surface area contributed by atoms with Crippen molar-refractivity contribution >= 4 is 11.6 Å². The van der Waals surface area contributed by atoms with Gasteiger partial charge < -0.3 is 10.1 Å². The number of pyridine rings is 1. The maximum Gasteiger partial charge on any atom is 0.238 e. The van der Waals surface area contributed by atoms with Gasteiger partial charge in [-0.05, 0) is 55.5 Å². The minimum atomic E-state index is 0.459. The van der Waals surface area contributed by atoms with Gasteiger partial charge in [0.05, 0.1) is 0 Å². The van der Waals surface area contributed by atoms with Crippen molar-refractivity contribution in [2.24, 2.45) is 0 Å². The molecule has 1 heterocycles. The summed E-state index contributed by atoms with van der Waals surface area (Å²) in [6.07, 6.45) is 4.37. The minimum absolute atomic E-state index is 0.459. The third-order valence-corrected chi connectivity index (χ3v) is 3.86. The van der Waals surface area contributed by atoms with Gasteiger partial charge in [0.15, 0.2) is 0 Å². The van der Waals surface area contributed by atoms with Crippen LogP contribution >= 0.6 is 11.6 Å². The Balaban J connectivity index is 1.74. The summed E-state index contributed by atoms with van der Waals surface area (Å²) in [5.74, 6) is 1.26. The predicted octanol–water partition coefficient (Wildman–Crippen LogP) is 4.40. The van der Waals surface area contributed by atoms with Crippen molar-refractivity contribution in [3.8, 4) is 11.6 Å². The summed E-state index contributed by atoms with van der Waals surface area (Å²) in [5, 5.41) is 3.99. The first-order chi connectivity index (χ1) is 10.1. The monoisotopic (exact) mass is 302 g/mol. The Kier molecular flexibility index (Phi) is 4.13. The molecule has 1 fully saturated rings. The Labute approximate surface area is 130 Å². The summed E-state index contributed by atoms with van der Waals surface area (Å²) in [4.78, 5) is 4.35. The Morgan fingerprint density at radius 2 is 2.10 bits per heavy atom. The van der Waals surface area contributed by atoms with Gasteiger partial charge in [-0.1, -0.05) is 23.7 Å². The van der Waals surface area contributed by atoms with Crippen molar-refractivity contribution in [1.82, 2.24) is 10.3 Å². The molecule has 0 radical (unpaired) electrons. The third-order valence-electron chi connectivity index (χ3n) is 3.59. The highest BCUT2D eigenvalue weighted by molar-refractivity contribution is 6.31. The number of aryl methyl sites for hydroxylation is 2. The minimum Gasteiger partial charge on any atom is -0.437 e. The molecule has 1 aliphatic carbocycles. The normalized spacial score (nSPS) is 14.2. The van der Waals surface area contributed by atoms with Crippen LogP contribution in [-0.4, -0.2) is 11.0 Å². The number of rotatable bonds is 5. The lowest BCUT2D eigenvalue weighted by Crippen LogP contribution is -2.15. The van der Waals surface area contributed by atoms with E-state index in [-0.39, 0.29) is 0 Å². The second kappa shape index (κ2) is 6.04. The zero-order chi connectivity index (χ0) is 14.8. The number of nitrogens with one attached hydrogen (secondary N) is 1. The second-order valence-electron chi connectivity index (χ2n) is 5.66. The van der Waals surface area contributed by atoms with E-state index in [2.05, 4.69) is 16.4 Å². The summed E-state index contributed by atoms with van der Waals surface area (Å²) < 4.78 is 5.85. The van der Waals surface area contributed by atoms with Crippen molar-refractivity contribution in [2.45, 2.75) is 39.3 Å². The fraction of sp³-hybridized carbons (Fsp3) is 0.353. The lowest BCUT2D eigenvalue weighted by atomic mass is 10.1. The predicted molar refractivity (Wildman–Crippen MR) is 85.1 cm³/mol. The molecule has 0 unspecified atom stereocenters. The van der Waals surface area contributed by atoms with Crippen LogP contribution in [0.3, 0.4) is 0 Å². The van der Waals surface area contributed by atoms with Gasteiger partial charge in [0.1, 0.15) is 10.8 Å². The van der Waals surface area contributed by atoms with E-state index < -0.39 is 0 Å². The summed E-state index contributed by atoms with van der Waals surface area (Å²) >= 11 is 6.29. The summed E-state index contributed by atoms with van der Waals surface area (Å²) in [6, 6.07) is 8.69. The molecular formula is C17H19ClN2O. The highest BCUT2D eigenvalue weighted by Gasteiger charge is 2.20. The Hall–Kier alpha value is -1.58. The van der Waals surface area contributed by atoms with Crippen molar-refractivity contribution in [3.05, 3.63) is 52.2 Å². The topological polar surface area (TPSA) is 34.1 Å². The van der Waals surface area contributed by atoms with E-state index in [4.69, 9.17) is 16.3 Å². The second-order valence-corrected chi connectivity index (χ2v) is 6.06. The summed E-state index contributed by atoms with van der Waals surface area (Å²) in [5.41, 5.74) is 3.30. The van der Waals surface area contributed by atoms with E-state index in [1.807, 2.05) is 38.2 Å². The van der Waals surface area contributed by atoms with Crippen molar-refractivity contribution in [3.63, 3.8) is 0 Å². The van der Waals surface area contributed by atoms with Crippen molar-refractivity contribution in [2.75, 3.05) is 0 Å². The SMILES string of the molecule is Cc1ccc(C)c(Oc2ncc(CNC3CC3)cc2Cl)c1. The molecule has 2 aromatic rings. The number of hydrogen-bond donors (Lipinski definition) is 1. The molecule has 4 heteroatoms. The van der Waals surface area contributed by atoms with Gasteiger partial charge in [-0.3, -0.25) is 0 Å². The molecule has 3 nitrogen and oxygen atoms in total. The first kappa shape index (κ1) is 14.4. The third kappa shape index (κ3) is 3.74. The van der Waals surface area contributed by atoms with E-state index in [0.29, 0.717) is 16.9 Å². The molecule has 1 N–H and O–H groups in total. The first-order valence-corrected chi connectivity index (χ1v) is 7.62. The zero-order valence-electron chi connectivity index (χ0n) is 12.3. The molecule has 0 amide bonds. The number of aromatic nitrogens is 1. The highest BCUT2D eigenvalue weighted by Crippen LogP contribution is 2.30. The van der Waals surface area contributed by atoms with Crippen LogP contribution in [0, 0.1) is 13.8 Å². The van der Waals surface area contributed by atoms with E-state index >= 15 is 0 Å². The molecule has 3 rings (SSSR count). The van der Waals surface area contributed by atoms with Gasteiger partial charge in [0, 0.05) is 18.8 Å². The van der Waals surface area contributed by atoms with Crippen LogP contribution in [0.4, 0.5) is 0 Å². The van der Waals surface area contributed by atoms with Gasteiger partial charge >= 0.3 is 0 Å². The van der Waals surface area contributed by atoms with Gasteiger partial charge in [-0.2, -0.15) is 0 Å². The average molecular weight is 303 g/mol. The molecule has 0 aliphatic heterocycles. The highest BCUT2D eigenvalue weighted by atomic mass is 35.5. The van der Waals surface area contributed by atoms with E-state index in [1.165, 1.54) is 12.8 Å². The van der Waals surface area contributed by atoms with Crippen LogP contribution in [0.25, 0.3) is 0 Å². The van der Waals surface area contributed by atoms with Crippen LogP contribution in [0.5, 0.6) is 11.6 Å². The average Bonchev–Trinajstić information content (AvgIpc) is 3.27. The molecule has 0 saturated heterocycles. The number of hydrogen-bond acceptors (Lipinski definition) is 3. The largest absolute Gasteiger partial charge is 0.437 e. The number of halogens is 1. The van der Waals surface area contributed by atoms with Crippen LogP contribution < -0.4 is 10.1 Å². The Morgan fingerprint density at radius 3 is 2.81 bits per heavy atom. The standard InChI is InChI=1S/C17H19ClN2O/c1-11-3-4-12(2)16(7-11)21-17-15(18)8-13(10-20-17)9-19-14-5-6-14/h3-4,7-8,10,14,19H,5-6,9H2,1-2H3. The van der Waals surface area contributed by atoms with Crippen LogP contribution in [0.15, 0.2) is 30.5 Å². The Bertz CT molecular complexity index is 653. The van der Waals surface area contributed by atoms with Gasteiger partial charge in [-0.25, -0.2) is 4.98 Å². The molecule has 110 valence electrons. The summed E-state index contributed by atoms with van der Waals surface area (Å²) in [6.45, 7) is 4.85. The number of nitrogens with zero attached hydrogens (tertiary/aromatic N) is 1. The smallest absolute Gasteiger partial charge is 0.238 e. The maximum absolute atomic E-state index is 6.29. The molecule has 21 heavy (non-hydrogen) atoms. The van der Waals surface area contributed by atoms with Crippen LogP contribution in [0.2, 0.25) is 5.02 Å². The molecule has 0 spiro atoms. The quantitative estimate of drug-likeness (QED) is 0.889. The molecule has 0 atom stereocenters. The molecule has 1 aliphatic rings. The lowest BCUT2D eigenvalue weighted by molar-refractivity contribution is 0.458. The van der Waals surface area contributed by atoms with Crippen LogP contribution in [0.1, 0.15) is 29.5 Å². The van der Waals surface area contributed by atoms with Gasteiger partial charge in [-0.15, -0.1) is 0 Å².